The molecule has 7 heteroatoms. The van der Waals surface area contributed by atoms with Gasteiger partial charge in [-0.1, -0.05) is 26.7 Å². The van der Waals surface area contributed by atoms with Gasteiger partial charge in [0.25, 0.3) is 0 Å². The topological polar surface area (TPSA) is 73.0 Å². The van der Waals surface area contributed by atoms with Crippen LogP contribution in [-0.4, -0.2) is 84.8 Å². The molecule has 2 rings (SSSR count). The summed E-state index contributed by atoms with van der Waals surface area (Å²) in [4.78, 5) is 42.4. The molecule has 0 spiro atoms. The number of hydrogen-bond acceptors (Lipinski definition) is 4. The second-order valence-corrected chi connectivity index (χ2v) is 8.16. The van der Waals surface area contributed by atoms with Crippen LogP contribution in [-0.2, 0) is 14.4 Å². The van der Waals surface area contributed by atoms with Gasteiger partial charge in [0.15, 0.2) is 0 Å². The van der Waals surface area contributed by atoms with Gasteiger partial charge in [-0.15, -0.1) is 0 Å². The Morgan fingerprint density at radius 1 is 0.815 bits per heavy atom. The van der Waals surface area contributed by atoms with Crippen LogP contribution in [0.5, 0.6) is 0 Å². The van der Waals surface area contributed by atoms with Gasteiger partial charge < -0.3 is 15.1 Å². The number of carbonyl (C=O) groups excluding carboxylic acids is 3. The summed E-state index contributed by atoms with van der Waals surface area (Å²) in [5.41, 5.74) is 0. The first-order valence-corrected chi connectivity index (χ1v) is 10.5. The molecule has 0 saturated carbocycles. The van der Waals surface area contributed by atoms with E-state index in [2.05, 4.69) is 24.1 Å². The molecule has 0 aromatic carbocycles. The fourth-order valence-corrected chi connectivity index (χ4v) is 3.56. The van der Waals surface area contributed by atoms with E-state index >= 15 is 0 Å². The van der Waals surface area contributed by atoms with E-state index in [1.54, 1.807) is 4.90 Å². The summed E-state index contributed by atoms with van der Waals surface area (Å²) in [6.07, 6.45) is 5.96. The van der Waals surface area contributed by atoms with Crippen LogP contribution >= 0.6 is 0 Å². The molecule has 7 nitrogen and oxygen atoms in total. The first-order valence-electron chi connectivity index (χ1n) is 10.5. The normalized spacial score (nSPS) is 19.1. The Morgan fingerprint density at radius 2 is 1.41 bits per heavy atom. The molecule has 2 saturated heterocycles. The van der Waals surface area contributed by atoms with E-state index in [1.807, 2.05) is 4.90 Å². The van der Waals surface area contributed by atoms with Crippen molar-refractivity contribution < 1.29 is 14.4 Å². The molecule has 154 valence electrons. The molecule has 2 aliphatic heterocycles. The lowest BCUT2D eigenvalue weighted by molar-refractivity contribution is -0.136. The summed E-state index contributed by atoms with van der Waals surface area (Å²) >= 11 is 0. The van der Waals surface area contributed by atoms with E-state index in [0.717, 1.165) is 32.4 Å². The third-order valence-corrected chi connectivity index (χ3v) is 5.43. The quantitative estimate of drug-likeness (QED) is 0.717. The molecule has 3 amide bonds. The maximum absolute atomic E-state index is 12.5. The van der Waals surface area contributed by atoms with Crippen LogP contribution in [0.1, 0.15) is 52.4 Å². The average molecular weight is 381 g/mol. The zero-order chi connectivity index (χ0) is 19.6. The monoisotopic (exact) mass is 380 g/mol. The number of rotatable bonds is 7. The summed E-state index contributed by atoms with van der Waals surface area (Å²) in [5, 5.41) is 2.72. The fraction of sp³-hybridized carbons (Fsp3) is 0.850. The highest BCUT2D eigenvalue weighted by molar-refractivity contribution is 5.84. The zero-order valence-corrected chi connectivity index (χ0v) is 17.0. The van der Waals surface area contributed by atoms with Gasteiger partial charge in [0, 0.05) is 45.7 Å². The number of likely N-dealkylation sites (tertiary alicyclic amines) is 1. The van der Waals surface area contributed by atoms with Gasteiger partial charge >= 0.3 is 0 Å². The Kier molecular flexibility index (Phi) is 9.04. The van der Waals surface area contributed by atoms with Gasteiger partial charge in [-0.2, -0.15) is 0 Å². The van der Waals surface area contributed by atoms with Crippen molar-refractivity contribution in [1.29, 1.82) is 0 Å². The first-order chi connectivity index (χ1) is 13.0. The standard InChI is InChI=1S/C20H36N4O3/c1-17(2)7-8-18(25)21-15-19(26)24-13-11-22(12-14-24)16-20(27)23-9-5-3-4-6-10-23/h17H,3-16H2,1-2H3,(H,21,25). The number of amides is 3. The van der Waals surface area contributed by atoms with Crippen molar-refractivity contribution in [2.45, 2.75) is 52.4 Å². The highest BCUT2D eigenvalue weighted by Gasteiger charge is 2.24. The van der Waals surface area contributed by atoms with Crippen molar-refractivity contribution in [2.24, 2.45) is 5.92 Å². The predicted molar refractivity (Wildman–Crippen MR) is 105 cm³/mol. The zero-order valence-electron chi connectivity index (χ0n) is 17.0. The highest BCUT2D eigenvalue weighted by atomic mass is 16.2. The summed E-state index contributed by atoms with van der Waals surface area (Å²) in [5.74, 6) is 0.607. The second kappa shape index (κ2) is 11.3. The summed E-state index contributed by atoms with van der Waals surface area (Å²) in [6, 6.07) is 0. The number of nitrogens with zero attached hydrogens (tertiary/aromatic N) is 3. The molecule has 0 aliphatic carbocycles. The van der Waals surface area contributed by atoms with Gasteiger partial charge in [0.2, 0.25) is 17.7 Å². The molecule has 27 heavy (non-hydrogen) atoms. The Morgan fingerprint density at radius 3 is 2.00 bits per heavy atom. The molecule has 0 radical (unpaired) electrons. The number of nitrogens with one attached hydrogen (secondary N) is 1. The maximum atomic E-state index is 12.5. The van der Waals surface area contributed by atoms with Crippen molar-refractivity contribution >= 4 is 17.7 Å². The third kappa shape index (κ3) is 7.87. The van der Waals surface area contributed by atoms with Crippen molar-refractivity contribution in [3.63, 3.8) is 0 Å². The lowest BCUT2D eigenvalue weighted by Gasteiger charge is -2.35. The summed E-state index contributed by atoms with van der Waals surface area (Å²) in [6.45, 7) is 9.12. The average Bonchev–Trinajstić information content (AvgIpc) is 2.94. The van der Waals surface area contributed by atoms with Crippen LogP contribution in [0.25, 0.3) is 0 Å². The number of hydrogen-bond donors (Lipinski definition) is 1. The molecule has 0 unspecified atom stereocenters. The van der Waals surface area contributed by atoms with Gasteiger partial charge in [-0.25, -0.2) is 0 Å². The van der Waals surface area contributed by atoms with Crippen molar-refractivity contribution in [3.8, 4) is 0 Å². The Labute approximate surface area is 163 Å². The molecule has 2 heterocycles. The number of carbonyl (C=O) groups is 3. The van der Waals surface area contributed by atoms with Crippen molar-refractivity contribution in [1.82, 2.24) is 20.0 Å². The molecular weight excluding hydrogens is 344 g/mol. The van der Waals surface area contributed by atoms with E-state index in [1.165, 1.54) is 12.8 Å². The third-order valence-electron chi connectivity index (χ3n) is 5.43. The molecular formula is C20H36N4O3. The largest absolute Gasteiger partial charge is 0.347 e. The number of piperazine rings is 1. The van der Waals surface area contributed by atoms with E-state index in [4.69, 9.17) is 0 Å². The van der Waals surface area contributed by atoms with Gasteiger partial charge in [0.05, 0.1) is 13.1 Å². The van der Waals surface area contributed by atoms with E-state index in [9.17, 15) is 14.4 Å². The maximum Gasteiger partial charge on any atom is 0.242 e. The highest BCUT2D eigenvalue weighted by Crippen LogP contribution is 2.11. The summed E-state index contributed by atoms with van der Waals surface area (Å²) in [7, 11) is 0. The van der Waals surface area contributed by atoms with Gasteiger partial charge in [-0.05, 0) is 25.2 Å². The van der Waals surface area contributed by atoms with Crippen LogP contribution in [0, 0.1) is 5.92 Å². The predicted octanol–water partition coefficient (Wildman–Crippen LogP) is 1.09. The van der Waals surface area contributed by atoms with E-state index < -0.39 is 0 Å². The lowest BCUT2D eigenvalue weighted by Crippen LogP contribution is -2.53. The first kappa shape index (κ1) is 21.7. The van der Waals surface area contributed by atoms with E-state index in [0.29, 0.717) is 45.1 Å². The SMILES string of the molecule is CC(C)CCC(=O)NCC(=O)N1CCN(CC(=O)N2CCCCCC2)CC1. The van der Waals surface area contributed by atoms with Gasteiger partial charge in [0.1, 0.15) is 0 Å². The second-order valence-electron chi connectivity index (χ2n) is 8.16. The minimum absolute atomic E-state index is 0.0357. The molecule has 2 aliphatic rings. The van der Waals surface area contributed by atoms with Crippen molar-refractivity contribution in [3.05, 3.63) is 0 Å². The Balaban J connectivity index is 1.64. The van der Waals surface area contributed by atoms with Crippen LogP contribution in [0.3, 0.4) is 0 Å². The fourth-order valence-electron chi connectivity index (χ4n) is 3.56. The minimum Gasteiger partial charge on any atom is -0.347 e. The molecule has 0 bridgehead atoms. The van der Waals surface area contributed by atoms with Crippen LogP contribution in [0.15, 0.2) is 0 Å². The Hall–Kier alpha value is -1.63. The lowest BCUT2D eigenvalue weighted by atomic mass is 10.1. The van der Waals surface area contributed by atoms with E-state index in [-0.39, 0.29) is 24.3 Å². The smallest absolute Gasteiger partial charge is 0.242 e. The Bertz CT molecular complexity index is 493. The van der Waals surface area contributed by atoms with Crippen LogP contribution in [0.2, 0.25) is 0 Å². The molecule has 0 aromatic heterocycles. The van der Waals surface area contributed by atoms with Crippen LogP contribution in [0.4, 0.5) is 0 Å². The molecule has 0 atom stereocenters. The molecule has 1 N–H and O–H groups in total. The molecule has 2 fully saturated rings. The summed E-state index contributed by atoms with van der Waals surface area (Å²) < 4.78 is 0. The van der Waals surface area contributed by atoms with Crippen molar-refractivity contribution in [2.75, 3.05) is 52.4 Å². The molecule has 0 aromatic rings. The van der Waals surface area contributed by atoms with Crippen LogP contribution < -0.4 is 5.32 Å². The van der Waals surface area contributed by atoms with Gasteiger partial charge in [-0.3, -0.25) is 19.3 Å². The minimum atomic E-state index is -0.0567.